The number of carbonyl (C=O) groups is 1. The van der Waals surface area contributed by atoms with E-state index in [9.17, 15) is 4.79 Å². The zero-order valence-corrected chi connectivity index (χ0v) is 9.89. The second-order valence-corrected chi connectivity index (χ2v) is 4.03. The Kier molecular flexibility index (Phi) is 2.68. The Hall–Kier alpha value is -2.76. The standard InChI is InChI=1S/C13H10N4O2/c18-12(19)7-17-11-4-2-1-3-10(11)16-13(17)9-5-14-8-15-6-9/h1-6,8H,7H2,(H,18,19). The number of aromatic nitrogens is 4. The summed E-state index contributed by atoms with van der Waals surface area (Å²) >= 11 is 0. The minimum atomic E-state index is -0.916. The van der Waals surface area contributed by atoms with E-state index < -0.39 is 5.97 Å². The van der Waals surface area contributed by atoms with Gasteiger partial charge in [0.1, 0.15) is 18.7 Å². The molecule has 0 aliphatic rings. The first-order chi connectivity index (χ1) is 9.25. The van der Waals surface area contributed by atoms with Gasteiger partial charge < -0.3 is 9.67 Å². The number of aliphatic carboxylic acids is 1. The third kappa shape index (κ3) is 2.03. The molecule has 0 aliphatic carbocycles. The highest BCUT2D eigenvalue weighted by molar-refractivity contribution is 5.82. The van der Waals surface area contributed by atoms with Crippen molar-refractivity contribution in [1.82, 2.24) is 19.5 Å². The Morgan fingerprint density at radius 1 is 1.21 bits per heavy atom. The molecule has 6 nitrogen and oxygen atoms in total. The van der Waals surface area contributed by atoms with Gasteiger partial charge in [-0.2, -0.15) is 0 Å². The lowest BCUT2D eigenvalue weighted by Crippen LogP contribution is -2.10. The molecule has 0 spiro atoms. The van der Waals surface area contributed by atoms with Gasteiger partial charge >= 0.3 is 5.97 Å². The van der Waals surface area contributed by atoms with Gasteiger partial charge in [0.25, 0.3) is 0 Å². The van der Waals surface area contributed by atoms with Gasteiger partial charge in [0.05, 0.1) is 16.6 Å². The molecule has 3 rings (SSSR count). The first-order valence-electron chi connectivity index (χ1n) is 5.68. The van der Waals surface area contributed by atoms with Gasteiger partial charge in [-0.25, -0.2) is 15.0 Å². The van der Waals surface area contributed by atoms with Crippen molar-refractivity contribution in [2.24, 2.45) is 0 Å². The number of hydrogen-bond donors (Lipinski definition) is 1. The predicted octanol–water partition coefficient (Wildman–Crippen LogP) is 1.58. The van der Waals surface area contributed by atoms with Crippen LogP contribution >= 0.6 is 0 Å². The molecule has 0 radical (unpaired) electrons. The average Bonchev–Trinajstić information content (AvgIpc) is 2.78. The Morgan fingerprint density at radius 2 is 1.95 bits per heavy atom. The lowest BCUT2D eigenvalue weighted by atomic mass is 10.3. The number of carboxylic acid groups (broad SMARTS) is 1. The zero-order chi connectivity index (χ0) is 13.2. The quantitative estimate of drug-likeness (QED) is 0.767. The van der Waals surface area contributed by atoms with E-state index in [-0.39, 0.29) is 6.54 Å². The first kappa shape index (κ1) is 11.3. The smallest absolute Gasteiger partial charge is 0.323 e. The summed E-state index contributed by atoms with van der Waals surface area (Å²) in [5.74, 6) is -0.356. The lowest BCUT2D eigenvalue weighted by Gasteiger charge is -2.05. The van der Waals surface area contributed by atoms with E-state index in [2.05, 4.69) is 15.0 Å². The van der Waals surface area contributed by atoms with Crippen LogP contribution in [0.15, 0.2) is 43.0 Å². The Bertz CT molecular complexity index is 737. The number of fused-ring (bicyclic) bond motifs is 1. The maximum Gasteiger partial charge on any atom is 0.323 e. The van der Waals surface area contributed by atoms with Gasteiger partial charge in [-0.05, 0) is 12.1 Å². The molecule has 19 heavy (non-hydrogen) atoms. The van der Waals surface area contributed by atoms with Gasteiger partial charge in [-0.3, -0.25) is 4.79 Å². The van der Waals surface area contributed by atoms with E-state index in [1.165, 1.54) is 6.33 Å². The maximum absolute atomic E-state index is 11.0. The summed E-state index contributed by atoms with van der Waals surface area (Å²) in [5, 5.41) is 9.04. The van der Waals surface area contributed by atoms with Crippen molar-refractivity contribution in [3.63, 3.8) is 0 Å². The van der Waals surface area contributed by atoms with E-state index in [1.807, 2.05) is 24.3 Å². The van der Waals surface area contributed by atoms with Crippen molar-refractivity contribution < 1.29 is 9.90 Å². The predicted molar refractivity (Wildman–Crippen MR) is 68.4 cm³/mol. The molecular weight excluding hydrogens is 244 g/mol. The van der Waals surface area contributed by atoms with Crippen molar-refractivity contribution in [1.29, 1.82) is 0 Å². The molecule has 0 fully saturated rings. The van der Waals surface area contributed by atoms with Gasteiger partial charge in [-0.15, -0.1) is 0 Å². The molecule has 0 saturated carbocycles. The van der Waals surface area contributed by atoms with Crippen LogP contribution in [0.25, 0.3) is 22.4 Å². The van der Waals surface area contributed by atoms with E-state index in [1.54, 1.807) is 17.0 Å². The molecule has 1 aromatic carbocycles. The van der Waals surface area contributed by atoms with Gasteiger partial charge in [0.15, 0.2) is 0 Å². The minimum Gasteiger partial charge on any atom is -0.480 e. The summed E-state index contributed by atoms with van der Waals surface area (Å²) in [6.07, 6.45) is 4.66. The van der Waals surface area contributed by atoms with E-state index in [0.29, 0.717) is 11.4 Å². The van der Waals surface area contributed by atoms with Crippen LogP contribution in [0, 0.1) is 0 Å². The number of rotatable bonds is 3. The molecule has 2 heterocycles. The minimum absolute atomic E-state index is 0.148. The highest BCUT2D eigenvalue weighted by Crippen LogP contribution is 2.23. The summed E-state index contributed by atoms with van der Waals surface area (Å²) in [4.78, 5) is 23.3. The van der Waals surface area contributed by atoms with E-state index >= 15 is 0 Å². The number of benzene rings is 1. The maximum atomic E-state index is 11.0. The number of imidazole rings is 1. The largest absolute Gasteiger partial charge is 0.480 e. The molecule has 0 bridgehead atoms. The molecule has 94 valence electrons. The van der Waals surface area contributed by atoms with Crippen molar-refractivity contribution in [2.45, 2.75) is 6.54 Å². The first-order valence-corrected chi connectivity index (χ1v) is 5.68. The monoisotopic (exact) mass is 254 g/mol. The van der Waals surface area contributed by atoms with Crippen LogP contribution in [0.5, 0.6) is 0 Å². The molecule has 0 atom stereocenters. The van der Waals surface area contributed by atoms with Crippen LogP contribution in [0.4, 0.5) is 0 Å². The fraction of sp³-hybridized carbons (Fsp3) is 0.0769. The number of nitrogens with zero attached hydrogens (tertiary/aromatic N) is 4. The van der Waals surface area contributed by atoms with E-state index in [4.69, 9.17) is 5.11 Å². The van der Waals surface area contributed by atoms with Crippen LogP contribution in [0.3, 0.4) is 0 Å². The highest BCUT2D eigenvalue weighted by Gasteiger charge is 2.14. The second-order valence-electron chi connectivity index (χ2n) is 4.03. The number of carboxylic acids is 1. The molecule has 3 aromatic rings. The number of hydrogen-bond acceptors (Lipinski definition) is 4. The lowest BCUT2D eigenvalue weighted by molar-refractivity contribution is -0.137. The SMILES string of the molecule is O=C(O)Cn1c(-c2cncnc2)nc2ccccc21. The van der Waals surface area contributed by atoms with Crippen molar-refractivity contribution >= 4 is 17.0 Å². The molecule has 2 aromatic heterocycles. The van der Waals surface area contributed by atoms with Crippen LogP contribution < -0.4 is 0 Å². The third-order valence-electron chi connectivity index (χ3n) is 2.77. The summed E-state index contributed by atoms with van der Waals surface area (Å²) < 4.78 is 1.65. The fourth-order valence-electron chi connectivity index (χ4n) is 2.01. The van der Waals surface area contributed by atoms with Crippen molar-refractivity contribution in [3.05, 3.63) is 43.0 Å². The molecule has 1 N–H and O–H groups in total. The van der Waals surface area contributed by atoms with Crippen LogP contribution in [-0.2, 0) is 11.3 Å². The fourth-order valence-corrected chi connectivity index (χ4v) is 2.01. The Morgan fingerprint density at radius 3 is 2.68 bits per heavy atom. The highest BCUT2D eigenvalue weighted by atomic mass is 16.4. The molecule has 0 amide bonds. The molecule has 0 aliphatic heterocycles. The van der Waals surface area contributed by atoms with Crippen LogP contribution in [-0.4, -0.2) is 30.6 Å². The van der Waals surface area contributed by atoms with Crippen LogP contribution in [0.2, 0.25) is 0 Å². The molecule has 6 heteroatoms. The summed E-state index contributed by atoms with van der Waals surface area (Å²) in [5.41, 5.74) is 2.23. The molecular formula is C13H10N4O2. The third-order valence-corrected chi connectivity index (χ3v) is 2.77. The normalized spacial score (nSPS) is 10.7. The molecule has 0 saturated heterocycles. The summed E-state index contributed by atoms with van der Waals surface area (Å²) in [6.45, 7) is -0.148. The Labute approximate surface area is 108 Å². The molecule has 0 unspecified atom stereocenters. The van der Waals surface area contributed by atoms with Crippen molar-refractivity contribution in [3.8, 4) is 11.4 Å². The van der Waals surface area contributed by atoms with Crippen molar-refractivity contribution in [2.75, 3.05) is 0 Å². The summed E-state index contributed by atoms with van der Waals surface area (Å²) in [7, 11) is 0. The topological polar surface area (TPSA) is 80.9 Å². The zero-order valence-electron chi connectivity index (χ0n) is 9.89. The van der Waals surface area contributed by atoms with Gasteiger partial charge in [0, 0.05) is 12.4 Å². The second kappa shape index (κ2) is 4.49. The van der Waals surface area contributed by atoms with Gasteiger partial charge in [0.2, 0.25) is 0 Å². The van der Waals surface area contributed by atoms with Crippen LogP contribution in [0.1, 0.15) is 0 Å². The summed E-state index contributed by atoms with van der Waals surface area (Å²) in [6, 6.07) is 7.42. The van der Waals surface area contributed by atoms with E-state index in [0.717, 1.165) is 11.0 Å². The Balaban J connectivity index is 2.26. The van der Waals surface area contributed by atoms with Gasteiger partial charge in [-0.1, -0.05) is 12.1 Å². The average molecular weight is 254 g/mol. The number of para-hydroxylation sites is 2.